The smallest absolute Gasteiger partial charge is 0.125 e. The van der Waals surface area contributed by atoms with Crippen LogP contribution in [0, 0.1) is 5.92 Å². The van der Waals surface area contributed by atoms with E-state index >= 15 is 0 Å². The summed E-state index contributed by atoms with van der Waals surface area (Å²) in [5, 5.41) is 3.29. The molecule has 2 unspecified atom stereocenters. The molecule has 2 heterocycles. The molecule has 0 aliphatic carbocycles. The second-order valence-electron chi connectivity index (χ2n) is 5.54. The van der Waals surface area contributed by atoms with Crippen LogP contribution in [-0.4, -0.2) is 31.6 Å². The third-order valence-electron chi connectivity index (χ3n) is 4.10. The van der Waals surface area contributed by atoms with E-state index < -0.39 is 0 Å². The molecular weight excluding hydrogens is 248 g/mol. The maximum atomic E-state index is 5.70. The third-order valence-corrected chi connectivity index (χ3v) is 4.10. The molecule has 0 spiro atoms. The maximum Gasteiger partial charge on any atom is 0.125 e. The first-order chi connectivity index (χ1) is 9.88. The summed E-state index contributed by atoms with van der Waals surface area (Å²) in [6.07, 6.45) is 3.03. The summed E-state index contributed by atoms with van der Waals surface area (Å²) in [7, 11) is 2.03. The number of benzene rings is 1. The van der Waals surface area contributed by atoms with Crippen LogP contribution in [0.15, 0.2) is 53.1 Å². The lowest BCUT2D eigenvalue weighted by molar-refractivity contribution is 0.240. The number of nitrogens with zero attached hydrogens (tertiary/aromatic N) is 1. The SMILES string of the molecule is CNCC1CCN(C(c2ccccc2)c2ccco2)C1. The monoisotopic (exact) mass is 270 g/mol. The van der Waals surface area contributed by atoms with E-state index in [2.05, 4.69) is 46.6 Å². The van der Waals surface area contributed by atoms with Crippen LogP contribution in [0.5, 0.6) is 0 Å². The Labute approximate surface area is 120 Å². The van der Waals surface area contributed by atoms with Crippen molar-refractivity contribution in [1.29, 1.82) is 0 Å². The fourth-order valence-corrected chi connectivity index (χ4v) is 3.19. The summed E-state index contributed by atoms with van der Waals surface area (Å²) in [6.45, 7) is 3.35. The van der Waals surface area contributed by atoms with Gasteiger partial charge in [-0.25, -0.2) is 0 Å². The van der Waals surface area contributed by atoms with Crippen molar-refractivity contribution in [2.24, 2.45) is 5.92 Å². The fourth-order valence-electron chi connectivity index (χ4n) is 3.19. The van der Waals surface area contributed by atoms with E-state index in [4.69, 9.17) is 4.42 Å². The first kappa shape index (κ1) is 13.4. The predicted octanol–water partition coefficient (Wildman–Crippen LogP) is 2.91. The highest BCUT2D eigenvalue weighted by Gasteiger charge is 2.31. The lowest BCUT2D eigenvalue weighted by atomic mass is 10.0. The summed E-state index contributed by atoms with van der Waals surface area (Å²) < 4.78 is 5.70. The van der Waals surface area contributed by atoms with Crippen molar-refractivity contribution in [3.05, 3.63) is 60.1 Å². The van der Waals surface area contributed by atoms with Crippen molar-refractivity contribution in [2.45, 2.75) is 12.5 Å². The van der Waals surface area contributed by atoms with Crippen LogP contribution in [0.2, 0.25) is 0 Å². The Bertz CT molecular complexity index is 509. The number of hydrogen-bond donors (Lipinski definition) is 1. The Morgan fingerprint density at radius 1 is 1.25 bits per heavy atom. The van der Waals surface area contributed by atoms with Crippen LogP contribution in [-0.2, 0) is 0 Å². The molecular formula is C17H22N2O. The van der Waals surface area contributed by atoms with Gasteiger partial charge in [-0.1, -0.05) is 30.3 Å². The molecule has 0 bridgehead atoms. The molecule has 1 aliphatic rings. The number of furan rings is 1. The summed E-state index contributed by atoms with van der Waals surface area (Å²) >= 11 is 0. The van der Waals surface area contributed by atoms with Gasteiger partial charge in [0.1, 0.15) is 5.76 Å². The average molecular weight is 270 g/mol. The highest BCUT2D eigenvalue weighted by Crippen LogP contribution is 2.33. The lowest BCUT2D eigenvalue weighted by Gasteiger charge is -2.26. The van der Waals surface area contributed by atoms with Crippen molar-refractivity contribution in [3.8, 4) is 0 Å². The van der Waals surface area contributed by atoms with Gasteiger partial charge in [0, 0.05) is 6.54 Å². The Morgan fingerprint density at radius 2 is 2.10 bits per heavy atom. The Kier molecular flexibility index (Phi) is 4.19. The number of likely N-dealkylation sites (tertiary alicyclic amines) is 1. The molecule has 3 heteroatoms. The minimum absolute atomic E-state index is 0.244. The van der Waals surface area contributed by atoms with E-state index in [0.29, 0.717) is 0 Å². The van der Waals surface area contributed by atoms with Gasteiger partial charge >= 0.3 is 0 Å². The van der Waals surface area contributed by atoms with Gasteiger partial charge in [-0.3, -0.25) is 4.90 Å². The van der Waals surface area contributed by atoms with Gasteiger partial charge in [0.2, 0.25) is 0 Å². The second kappa shape index (κ2) is 6.25. The fraction of sp³-hybridized carbons (Fsp3) is 0.412. The quantitative estimate of drug-likeness (QED) is 0.905. The highest BCUT2D eigenvalue weighted by molar-refractivity contribution is 5.27. The summed E-state index contributed by atoms with van der Waals surface area (Å²) in [6, 6.07) is 15.0. The third kappa shape index (κ3) is 2.79. The first-order valence-electron chi connectivity index (χ1n) is 7.35. The number of nitrogens with one attached hydrogen (secondary N) is 1. The van der Waals surface area contributed by atoms with E-state index in [1.54, 1.807) is 6.26 Å². The predicted molar refractivity (Wildman–Crippen MR) is 80.6 cm³/mol. The molecule has 3 nitrogen and oxygen atoms in total. The molecule has 1 aliphatic heterocycles. The summed E-state index contributed by atoms with van der Waals surface area (Å²) in [4.78, 5) is 2.54. The molecule has 1 fully saturated rings. The van der Waals surface area contributed by atoms with Crippen LogP contribution < -0.4 is 5.32 Å². The molecule has 1 N–H and O–H groups in total. The van der Waals surface area contributed by atoms with Crippen molar-refractivity contribution in [2.75, 3.05) is 26.7 Å². The molecule has 20 heavy (non-hydrogen) atoms. The molecule has 0 saturated carbocycles. The Morgan fingerprint density at radius 3 is 2.80 bits per heavy atom. The average Bonchev–Trinajstić information content (AvgIpc) is 3.14. The van der Waals surface area contributed by atoms with Gasteiger partial charge < -0.3 is 9.73 Å². The summed E-state index contributed by atoms with van der Waals surface area (Å²) in [5.74, 6) is 1.78. The topological polar surface area (TPSA) is 28.4 Å². The minimum Gasteiger partial charge on any atom is -0.467 e. The molecule has 1 saturated heterocycles. The van der Waals surface area contributed by atoms with E-state index in [9.17, 15) is 0 Å². The zero-order chi connectivity index (χ0) is 13.8. The molecule has 1 aromatic heterocycles. The van der Waals surface area contributed by atoms with Crippen LogP contribution in [0.3, 0.4) is 0 Å². The molecule has 0 amide bonds. The molecule has 2 atom stereocenters. The first-order valence-corrected chi connectivity index (χ1v) is 7.35. The number of rotatable bonds is 5. The standard InChI is InChI=1S/C17H22N2O/c1-18-12-14-9-10-19(13-14)17(16-8-5-11-20-16)15-6-3-2-4-7-15/h2-8,11,14,17-18H,9-10,12-13H2,1H3. The van der Waals surface area contributed by atoms with Crippen LogP contribution in [0.1, 0.15) is 23.8 Å². The lowest BCUT2D eigenvalue weighted by Crippen LogP contribution is -2.29. The van der Waals surface area contributed by atoms with E-state index in [0.717, 1.165) is 31.3 Å². The van der Waals surface area contributed by atoms with Crippen LogP contribution in [0.25, 0.3) is 0 Å². The highest BCUT2D eigenvalue weighted by atomic mass is 16.3. The van der Waals surface area contributed by atoms with Crippen LogP contribution >= 0.6 is 0 Å². The van der Waals surface area contributed by atoms with Gasteiger partial charge in [-0.05, 0) is 50.2 Å². The molecule has 3 rings (SSSR count). The Hall–Kier alpha value is -1.58. The van der Waals surface area contributed by atoms with Crippen molar-refractivity contribution in [3.63, 3.8) is 0 Å². The molecule has 1 aromatic carbocycles. The molecule has 106 valence electrons. The van der Waals surface area contributed by atoms with Gasteiger partial charge in [0.25, 0.3) is 0 Å². The van der Waals surface area contributed by atoms with E-state index in [-0.39, 0.29) is 6.04 Å². The summed E-state index contributed by atoms with van der Waals surface area (Å²) in [5.41, 5.74) is 1.31. The largest absolute Gasteiger partial charge is 0.467 e. The van der Waals surface area contributed by atoms with Gasteiger partial charge in [-0.2, -0.15) is 0 Å². The number of hydrogen-bond acceptors (Lipinski definition) is 3. The minimum atomic E-state index is 0.244. The molecule has 2 aromatic rings. The Balaban J connectivity index is 1.84. The maximum absolute atomic E-state index is 5.70. The van der Waals surface area contributed by atoms with Crippen molar-refractivity contribution >= 4 is 0 Å². The van der Waals surface area contributed by atoms with E-state index in [1.165, 1.54) is 12.0 Å². The van der Waals surface area contributed by atoms with Crippen molar-refractivity contribution in [1.82, 2.24) is 10.2 Å². The van der Waals surface area contributed by atoms with E-state index in [1.807, 2.05) is 13.1 Å². The van der Waals surface area contributed by atoms with Crippen molar-refractivity contribution < 1.29 is 4.42 Å². The van der Waals surface area contributed by atoms with Gasteiger partial charge in [0.05, 0.1) is 12.3 Å². The zero-order valence-electron chi connectivity index (χ0n) is 12.0. The normalized spacial score (nSPS) is 21.1. The molecule has 0 radical (unpaired) electrons. The van der Waals surface area contributed by atoms with Gasteiger partial charge in [0.15, 0.2) is 0 Å². The van der Waals surface area contributed by atoms with Crippen LogP contribution in [0.4, 0.5) is 0 Å². The zero-order valence-corrected chi connectivity index (χ0v) is 12.0. The van der Waals surface area contributed by atoms with Gasteiger partial charge in [-0.15, -0.1) is 0 Å². The second-order valence-corrected chi connectivity index (χ2v) is 5.54.